The molecule has 1 aromatic rings. The molecule has 0 radical (unpaired) electrons. The van der Waals surface area contributed by atoms with Gasteiger partial charge in [-0.05, 0) is 49.1 Å². The third-order valence-electron chi connectivity index (χ3n) is 2.58. The second kappa shape index (κ2) is 3.19. The van der Waals surface area contributed by atoms with Gasteiger partial charge in [0.25, 0.3) is 0 Å². The third kappa shape index (κ3) is 1.29. The van der Waals surface area contributed by atoms with Crippen molar-refractivity contribution in [2.45, 2.75) is 38.6 Å². The molecular formula is C10H15NS. The van der Waals surface area contributed by atoms with Crippen molar-refractivity contribution in [3.05, 3.63) is 21.4 Å². The van der Waals surface area contributed by atoms with Gasteiger partial charge in [0.05, 0.1) is 0 Å². The Balaban J connectivity index is 2.38. The number of rotatable bonds is 1. The molecule has 12 heavy (non-hydrogen) atoms. The van der Waals surface area contributed by atoms with Crippen molar-refractivity contribution in [2.24, 2.45) is 5.73 Å². The minimum Gasteiger partial charge on any atom is -0.324 e. The highest BCUT2D eigenvalue weighted by Gasteiger charge is 2.16. The molecule has 0 fully saturated rings. The summed E-state index contributed by atoms with van der Waals surface area (Å²) in [5.41, 5.74) is 8.86. The summed E-state index contributed by atoms with van der Waals surface area (Å²) >= 11 is 1.90. The first kappa shape index (κ1) is 8.27. The molecule has 0 spiro atoms. The second-order valence-electron chi connectivity index (χ2n) is 3.59. The molecule has 1 nitrogen and oxygen atoms in total. The van der Waals surface area contributed by atoms with Crippen LogP contribution >= 0.6 is 11.3 Å². The van der Waals surface area contributed by atoms with Crippen LogP contribution in [0.15, 0.2) is 5.38 Å². The minimum absolute atomic E-state index is 0.225. The number of fused-ring (bicyclic) bond motifs is 1. The van der Waals surface area contributed by atoms with Crippen molar-refractivity contribution in [1.82, 2.24) is 0 Å². The summed E-state index contributed by atoms with van der Waals surface area (Å²) in [6.45, 7) is 2.08. The Bertz CT molecular complexity index is 275. The van der Waals surface area contributed by atoms with Crippen molar-refractivity contribution >= 4 is 11.3 Å². The van der Waals surface area contributed by atoms with Crippen molar-refractivity contribution in [1.29, 1.82) is 0 Å². The number of hydrogen-bond donors (Lipinski definition) is 1. The lowest BCUT2D eigenvalue weighted by molar-refractivity contribution is 0.680. The average molecular weight is 181 g/mol. The van der Waals surface area contributed by atoms with E-state index >= 15 is 0 Å². The van der Waals surface area contributed by atoms with Gasteiger partial charge in [-0.2, -0.15) is 0 Å². The standard InChI is InChI=1S/C10H15NS/c1-7(11)9-6-12-10-5-3-2-4-8(9)10/h6-7H,2-5,11H2,1H3. The van der Waals surface area contributed by atoms with Crippen LogP contribution in [0.4, 0.5) is 0 Å². The molecular weight excluding hydrogens is 166 g/mol. The lowest BCUT2D eigenvalue weighted by Gasteiger charge is -2.14. The molecule has 0 bridgehead atoms. The zero-order chi connectivity index (χ0) is 8.55. The minimum atomic E-state index is 0.225. The summed E-state index contributed by atoms with van der Waals surface area (Å²) in [7, 11) is 0. The van der Waals surface area contributed by atoms with E-state index in [1.54, 1.807) is 10.4 Å². The maximum absolute atomic E-state index is 5.89. The zero-order valence-electron chi connectivity index (χ0n) is 7.47. The van der Waals surface area contributed by atoms with Crippen molar-refractivity contribution in [2.75, 3.05) is 0 Å². The number of thiophene rings is 1. The van der Waals surface area contributed by atoms with Crippen LogP contribution in [0, 0.1) is 0 Å². The number of hydrogen-bond acceptors (Lipinski definition) is 2. The van der Waals surface area contributed by atoms with Gasteiger partial charge in [0.15, 0.2) is 0 Å². The SMILES string of the molecule is CC(N)c1csc2c1CCCC2. The van der Waals surface area contributed by atoms with Crippen LogP contribution in [-0.4, -0.2) is 0 Å². The van der Waals surface area contributed by atoms with Crippen LogP contribution in [0.1, 0.15) is 41.8 Å². The molecule has 0 aromatic carbocycles. The van der Waals surface area contributed by atoms with Crippen LogP contribution < -0.4 is 5.73 Å². The van der Waals surface area contributed by atoms with Gasteiger partial charge < -0.3 is 5.73 Å². The highest BCUT2D eigenvalue weighted by atomic mass is 32.1. The van der Waals surface area contributed by atoms with Crippen LogP contribution in [0.3, 0.4) is 0 Å². The molecule has 2 N–H and O–H groups in total. The van der Waals surface area contributed by atoms with Gasteiger partial charge in [0.2, 0.25) is 0 Å². The fraction of sp³-hybridized carbons (Fsp3) is 0.600. The number of nitrogens with two attached hydrogens (primary N) is 1. The van der Waals surface area contributed by atoms with Gasteiger partial charge in [0.1, 0.15) is 0 Å². The predicted octanol–water partition coefficient (Wildman–Crippen LogP) is 2.65. The fourth-order valence-corrected chi connectivity index (χ4v) is 3.15. The van der Waals surface area contributed by atoms with E-state index in [1.165, 1.54) is 31.2 Å². The first-order valence-electron chi connectivity index (χ1n) is 4.63. The van der Waals surface area contributed by atoms with Crippen molar-refractivity contribution in [3.8, 4) is 0 Å². The monoisotopic (exact) mass is 181 g/mol. The molecule has 0 saturated heterocycles. The molecule has 0 aliphatic heterocycles. The van der Waals surface area contributed by atoms with Gasteiger partial charge >= 0.3 is 0 Å². The van der Waals surface area contributed by atoms with Gasteiger partial charge in [-0.15, -0.1) is 11.3 Å². The summed E-state index contributed by atoms with van der Waals surface area (Å²) in [4.78, 5) is 1.59. The molecule has 1 unspecified atom stereocenters. The largest absolute Gasteiger partial charge is 0.324 e. The lowest BCUT2D eigenvalue weighted by atomic mass is 9.94. The molecule has 0 saturated carbocycles. The topological polar surface area (TPSA) is 26.0 Å². The Hall–Kier alpha value is -0.340. The first-order valence-corrected chi connectivity index (χ1v) is 5.51. The molecule has 0 amide bonds. The molecule has 1 aromatic heterocycles. The Kier molecular flexibility index (Phi) is 2.20. The Labute approximate surface area is 77.6 Å². The van der Waals surface area contributed by atoms with E-state index in [0.29, 0.717) is 0 Å². The highest BCUT2D eigenvalue weighted by Crippen LogP contribution is 2.32. The van der Waals surface area contributed by atoms with Crippen LogP contribution in [0.2, 0.25) is 0 Å². The first-order chi connectivity index (χ1) is 5.79. The third-order valence-corrected chi connectivity index (χ3v) is 3.69. The van der Waals surface area contributed by atoms with E-state index in [0.717, 1.165) is 0 Å². The van der Waals surface area contributed by atoms with E-state index in [2.05, 4.69) is 12.3 Å². The summed E-state index contributed by atoms with van der Waals surface area (Å²) in [5.74, 6) is 0. The maximum atomic E-state index is 5.89. The number of aryl methyl sites for hydroxylation is 1. The molecule has 1 aliphatic carbocycles. The van der Waals surface area contributed by atoms with E-state index in [4.69, 9.17) is 5.73 Å². The highest BCUT2D eigenvalue weighted by molar-refractivity contribution is 7.10. The van der Waals surface area contributed by atoms with Gasteiger partial charge in [-0.25, -0.2) is 0 Å². The van der Waals surface area contributed by atoms with Gasteiger partial charge in [-0.3, -0.25) is 0 Å². The van der Waals surface area contributed by atoms with E-state index in [1.807, 2.05) is 11.3 Å². The van der Waals surface area contributed by atoms with Crippen molar-refractivity contribution in [3.63, 3.8) is 0 Å². The maximum Gasteiger partial charge on any atom is 0.0277 e. The molecule has 1 atom stereocenters. The van der Waals surface area contributed by atoms with Gasteiger partial charge in [-0.1, -0.05) is 0 Å². The average Bonchev–Trinajstić information content (AvgIpc) is 2.47. The van der Waals surface area contributed by atoms with Gasteiger partial charge in [0, 0.05) is 10.9 Å². The lowest BCUT2D eigenvalue weighted by Crippen LogP contribution is -2.09. The van der Waals surface area contributed by atoms with Crippen LogP contribution in [0.25, 0.3) is 0 Å². The summed E-state index contributed by atoms with van der Waals surface area (Å²) in [5, 5.41) is 2.25. The van der Waals surface area contributed by atoms with E-state index in [9.17, 15) is 0 Å². The fourth-order valence-electron chi connectivity index (χ4n) is 1.90. The van der Waals surface area contributed by atoms with E-state index in [-0.39, 0.29) is 6.04 Å². The second-order valence-corrected chi connectivity index (χ2v) is 4.55. The van der Waals surface area contributed by atoms with Crippen molar-refractivity contribution < 1.29 is 0 Å². The Morgan fingerprint density at radius 2 is 2.17 bits per heavy atom. The van der Waals surface area contributed by atoms with Crippen LogP contribution in [0.5, 0.6) is 0 Å². The molecule has 66 valence electrons. The molecule has 2 rings (SSSR count). The Morgan fingerprint density at radius 1 is 1.42 bits per heavy atom. The van der Waals surface area contributed by atoms with Crippen LogP contribution in [-0.2, 0) is 12.8 Å². The summed E-state index contributed by atoms with van der Waals surface area (Å²) in [6, 6.07) is 0.225. The smallest absolute Gasteiger partial charge is 0.0277 e. The molecule has 2 heteroatoms. The Morgan fingerprint density at radius 3 is 2.92 bits per heavy atom. The normalized spacial score (nSPS) is 18.8. The summed E-state index contributed by atoms with van der Waals surface area (Å²) < 4.78 is 0. The quantitative estimate of drug-likeness (QED) is 0.708. The van der Waals surface area contributed by atoms with E-state index < -0.39 is 0 Å². The molecule has 1 aliphatic rings. The zero-order valence-corrected chi connectivity index (χ0v) is 8.29. The predicted molar refractivity (Wildman–Crippen MR) is 53.6 cm³/mol. The summed E-state index contributed by atoms with van der Waals surface area (Å²) in [6.07, 6.45) is 5.26. The molecule has 1 heterocycles.